The molecule has 0 saturated carbocycles. The second-order valence-corrected chi connectivity index (χ2v) is 2.93. The van der Waals surface area contributed by atoms with Crippen LogP contribution in [-0.4, -0.2) is 11.1 Å². The van der Waals surface area contributed by atoms with Crippen LogP contribution in [0.3, 0.4) is 0 Å². The average Bonchev–Trinajstić information content (AvgIpc) is 2.09. The van der Waals surface area contributed by atoms with Crippen LogP contribution in [0.2, 0.25) is 0 Å². The third kappa shape index (κ3) is 1.99. The molecule has 3 heteroatoms. The lowest BCUT2D eigenvalue weighted by Gasteiger charge is -2.11. The van der Waals surface area contributed by atoms with E-state index in [1.54, 1.807) is 24.3 Å². The predicted molar refractivity (Wildman–Crippen MR) is 51.5 cm³/mol. The van der Waals surface area contributed by atoms with E-state index in [9.17, 15) is 4.79 Å². The number of aliphatic carboxylic acids is 1. The van der Waals surface area contributed by atoms with Gasteiger partial charge < -0.3 is 10.8 Å². The monoisotopic (exact) mass is 179 g/mol. The third-order valence-electron chi connectivity index (χ3n) is 2.08. The Morgan fingerprint density at radius 3 is 2.62 bits per heavy atom. The van der Waals surface area contributed by atoms with Gasteiger partial charge in [0.15, 0.2) is 0 Å². The van der Waals surface area contributed by atoms with Crippen LogP contribution in [0.15, 0.2) is 24.3 Å². The van der Waals surface area contributed by atoms with Crippen LogP contribution in [0, 0.1) is 0 Å². The minimum atomic E-state index is -0.819. The number of carboxylic acids is 1. The summed E-state index contributed by atoms with van der Waals surface area (Å²) in [6.07, 6.45) is 0.559. The number of rotatable bonds is 3. The van der Waals surface area contributed by atoms with Crippen LogP contribution in [0.4, 0.5) is 5.69 Å². The van der Waals surface area contributed by atoms with Gasteiger partial charge in [-0.05, 0) is 18.1 Å². The SMILES string of the molecule is CC[C@H](C(=O)O)c1ccccc1N. The van der Waals surface area contributed by atoms with E-state index in [2.05, 4.69) is 0 Å². The molecule has 0 radical (unpaired) electrons. The van der Waals surface area contributed by atoms with E-state index in [1.165, 1.54) is 0 Å². The Kier molecular flexibility index (Phi) is 2.90. The molecule has 0 aliphatic carbocycles. The maximum absolute atomic E-state index is 10.8. The second-order valence-electron chi connectivity index (χ2n) is 2.93. The zero-order chi connectivity index (χ0) is 9.84. The highest BCUT2D eigenvalue weighted by atomic mass is 16.4. The van der Waals surface area contributed by atoms with Gasteiger partial charge in [0.1, 0.15) is 0 Å². The number of hydrogen-bond donors (Lipinski definition) is 2. The van der Waals surface area contributed by atoms with Gasteiger partial charge in [0.05, 0.1) is 5.92 Å². The van der Waals surface area contributed by atoms with E-state index >= 15 is 0 Å². The fourth-order valence-corrected chi connectivity index (χ4v) is 1.36. The van der Waals surface area contributed by atoms with Crippen molar-refractivity contribution >= 4 is 11.7 Å². The van der Waals surface area contributed by atoms with Gasteiger partial charge in [-0.25, -0.2) is 0 Å². The first-order valence-corrected chi connectivity index (χ1v) is 4.24. The number of nitrogen functional groups attached to an aromatic ring is 1. The maximum atomic E-state index is 10.8. The van der Waals surface area contributed by atoms with E-state index < -0.39 is 11.9 Å². The van der Waals surface area contributed by atoms with Crippen molar-refractivity contribution < 1.29 is 9.90 Å². The van der Waals surface area contributed by atoms with E-state index in [4.69, 9.17) is 10.8 Å². The number of nitrogens with two attached hydrogens (primary N) is 1. The Labute approximate surface area is 77.2 Å². The maximum Gasteiger partial charge on any atom is 0.311 e. The van der Waals surface area contributed by atoms with Crippen molar-refractivity contribution in [1.29, 1.82) is 0 Å². The van der Waals surface area contributed by atoms with Crippen LogP contribution in [0.1, 0.15) is 24.8 Å². The molecule has 0 heterocycles. The summed E-state index contributed by atoms with van der Waals surface area (Å²) in [6, 6.07) is 7.09. The highest BCUT2D eigenvalue weighted by Crippen LogP contribution is 2.24. The lowest BCUT2D eigenvalue weighted by atomic mass is 9.95. The summed E-state index contributed by atoms with van der Waals surface area (Å²) in [5.41, 5.74) is 6.93. The highest BCUT2D eigenvalue weighted by molar-refractivity contribution is 5.78. The van der Waals surface area contributed by atoms with Crippen LogP contribution in [0.25, 0.3) is 0 Å². The molecular formula is C10H13NO2. The molecule has 3 nitrogen and oxygen atoms in total. The first kappa shape index (κ1) is 9.58. The summed E-state index contributed by atoms with van der Waals surface area (Å²) in [4.78, 5) is 10.8. The number of para-hydroxylation sites is 1. The van der Waals surface area contributed by atoms with E-state index in [0.717, 1.165) is 0 Å². The molecule has 0 aliphatic rings. The molecule has 1 rings (SSSR count). The molecule has 0 amide bonds. The van der Waals surface area contributed by atoms with Crippen molar-refractivity contribution in [3.63, 3.8) is 0 Å². The lowest BCUT2D eigenvalue weighted by Crippen LogP contribution is -2.12. The average molecular weight is 179 g/mol. The Morgan fingerprint density at radius 2 is 2.15 bits per heavy atom. The molecule has 3 N–H and O–H groups in total. The van der Waals surface area contributed by atoms with Crippen molar-refractivity contribution in [3.8, 4) is 0 Å². The molecule has 1 aromatic carbocycles. The minimum Gasteiger partial charge on any atom is -0.481 e. The van der Waals surface area contributed by atoms with Gasteiger partial charge in [-0.15, -0.1) is 0 Å². The number of anilines is 1. The summed E-state index contributed by atoms with van der Waals surface area (Å²) < 4.78 is 0. The molecule has 13 heavy (non-hydrogen) atoms. The number of benzene rings is 1. The number of carboxylic acid groups (broad SMARTS) is 1. The molecule has 0 aromatic heterocycles. The molecule has 0 bridgehead atoms. The van der Waals surface area contributed by atoms with Crippen LogP contribution in [0.5, 0.6) is 0 Å². The minimum absolute atomic E-state index is 0.485. The summed E-state index contributed by atoms with van der Waals surface area (Å²) in [5.74, 6) is -1.30. The van der Waals surface area contributed by atoms with Crippen molar-refractivity contribution in [2.24, 2.45) is 0 Å². The van der Waals surface area contributed by atoms with Gasteiger partial charge in [0.2, 0.25) is 0 Å². The van der Waals surface area contributed by atoms with Crippen molar-refractivity contribution in [2.75, 3.05) is 5.73 Å². The first-order valence-electron chi connectivity index (χ1n) is 4.24. The fourth-order valence-electron chi connectivity index (χ4n) is 1.36. The van der Waals surface area contributed by atoms with Gasteiger partial charge in [0, 0.05) is 5.69 Å². The summed E-state index contributed by atoms with van der Waals surface area (Å²) in [5, 5.41) is 8.90. The summed E-state index contributed by atoms with van der Waals surface area (Å²) in [6.45, 7) is 1.84. The predicted octanol–water partition coefficient (Wildman–Crippen LogP) is 1.85. The molecular weight excluding hydrogens is 166 g/mol. The Hall–Kier alpha value is -1.51. The zero-order valence-electron chi connectivity index (χ0n) is 7.53. The van der Waals surface area contributed by atoms with E-state index in [-0.39, 0.29) is 0 Å². The van der Waals surface area contributed by atoms with Gasteiger partial charge >= 0.3 is 5.97 Å². The highest BCUT2D eigenvalue weighted by Gasteiger charge is 2.18. The van der Waals surface area contributed by atoms with Gasteiger partial charge in [0.25, 0.3) is 0 Å². The largest absolute Gasteiger partial charge is 0.481 e. The molecule has 0 unspecified atom stereocenters. The third-order valence-corrected chi connectivity index (χ3v) is 2.08. The van der Waals surface area contributed by atoms with Crippen molar-refractivity contribution in [3.05, 3.63) is 29.8 Å². The Morgan fingerprint density at radius 1 is 1.54 bits per heavy atom. The Balaban J connectivity index is 3.04. The molecule has 0 aliphatic heterocycles. The van der Waals surface area contributed by atoms with Gasteiger partial charge in [-0.3, -0.25) is 4.79 Å². The molecule has 0 spiro atoms. The standard InChI is InChI=1S/C10H13NO2/c1-2-7(10(12)13)8-5-3-4-6-9(8)11/h3-7H,2,11H2,1H3,(H,12,13)/t7-/m0/s1. The van der Waals surface area contributed by atoms with E-state index in [1.807, 2.05) is 6.92 Å². The number of hydrogen-bond acceptors (Lipinski definition) is 2. The van der Waals surface area contributed by atoms with E-state index in [0.29, 0.717) is 17.7 Å². The lowest BCUT2D eigenvalue weighted by molar-refractivity contribution is -0.138. The molecule has 0 fully saturated rings. The Bertz CT molecular complexity index is 310. The van der Waals surface area contributed by atoms with Crippen molar-refractivity contribution in [2.45, 2.75) is 19.3 Å². The van der Waals surface area contributed by atoms with Crippen LogP contribution < -0.4 is 5.73 Å². The van der Waals surface area contributed by atoms with Crippen LogP contribution in [-0.2, 0) is 4.79 Å². The molecule has 1 aromatic rings. The molecule has 0 saturated heterocycles. The normalized spacial score (nSPS) is 12.4. The quantitative estimate of drug-likeness (QED) is 0.696. The fraction of sp³-hybridized carbons (Fsp3) is 0.300. The van der Waals surface area contributed by atoms with Crippen LogP contribution >= 0.6 is 0 Å². The zero-order valence-corrected chi connectivity index (χ0v) is 7.53. The number of carbonyl (C=O) groups is 1. The summed E-state index contributed by atoms with van der Waals surface area (Å²) >= 11 is 0. The van der Waals surface area contributed by atoms with Gasteiger partial charge in [-0.1, -0.05) is 25.1 Å². The smallest absolute Gasteiger partial charge is 0.311 e. The van der Waals surface area contributed by atoms with Crippen molar-refractivity contribution in [1.82, 2.24) is 0 Å². The topological polar surface area (TPSA) is 63.3 Å². The first-order chi connectivity index (χ1) is 6.16. The van der Waals surface area contributed by atoms with Gasteiger partial charge in [-0.2, -0.15) is 0 Å². The molecule has 1 atom stereocenters. The second kappa shape index (κ2) is 3.94. The summed E-state index contributed by atoms with van der Waals surface area (Å²) in [7, 11) is 0. The molecule has 70 valence electrons.